The van der Waals surface area contributed by atoms with Gasteiger partial charge in [-0.1, -0.05) is 11.6 Å². The van der Waals surface area contributed by atoms with Gasteiger partial charge in [-0.3, -0.25) is 4.79 Å². The van der Waals surface area contributed by atoms with Gasteiger partial charge in [-0.05, 0) is 37.1 Å². The van der Waals surface area contributed by atoms with Crippen molar-refractivity contribution < 1.29 is 18.7 Å². The SMILES string of the molecule is O=C(Nc1ccc(F)cc1)NC1CC(NC(=O)O[C@@H]2CCN(c3cn[nH]c(=O)c3Cl)C2)C1. The van der Waals surface area contributed by atoms with Gasteiger partial charge in [-0.15, -0.1) is 0 Å². The zero-order valence-electron chi connectivity index (χ0n) is 16.9. The zero-order chi connectivity index (χ0) is 22.7. The number of carbonyl (C=O) groups is 2. The number of hydrogen-bond acceptors (Lipinski definition) is 6. The highest BCUT2D eigenvalue weighted by Gasteiger charge is 2.33. The molecule has 1 saturated heterocycles. The molecule has 0 radical (unpaired) electrons. The molecule has 4 N–H and O–H groups in total. The van der Waals surface area contributed by atoms with Crippen molar-refractivity contribution in [2.24, 2.45) is 0 Å². The molecule has 1 atom stereocenters. The lowest BCUT2D eigenvalue weighted by Crippen LogP contribution is -2.54. The Bertz CT molecular complexity index is 1040. The van der Waals surface area contributed by atoms with E-state index in [1.807, 2.05) is 4.90 Å². The summed E-state index contributed by atoms with van der Waals surface area (Å²) in [6.45, 7) is 0.998. The van der Waals surface area contributed by atoms with E-state index in [0.717, 1.165) is 0 Å². The van der Waals surface area contributed by atoms with Crippen LogP contribution >= 0.6 is 11.6 Å². The number of H-pyrrole nitrogens is 1. The molecular formula is C20H22ClFN6O4. The van der Waals surface area contributed by atoms with Gasteiger partial charge in [-0.25, -0.2) is 19.1 Å². The van der Waals surface area contributed by atoms with Crippen LogP contribution in [0.5, 0.6) is 0 Å². The fourth-order valence-electron chi connectivity index (χ4n) is 3.73. The third-order valence-electron chi connectivity index (χ3n) is 5.43. The van der Waals surface area contributed by atoms with Crippen molar-refractivity contribution in [1.82, 2.24) is 20.8 Å². The van der Waals surface area contributed by atoms with E-state index in [1.54, 1.807) is 0 Å². The fourth-order valence-corrected chi connectivity index (χ4v) is 3.94. The average Bonchev–Trinajstić information content (AvgIpc) is 3.18. The number of aromatic nitrogens is 2. The van der Waals surface area contributed by atoms with Gasteiger partial charge in [0.15, 0.2) is 0 Å². The molecule has 10 nitrogen and oxygen atoms in total. The molecule has 2 aromatic rings. The summed E-state index contributed by atoms with van der Waals surface area (Å²) in [7, 11) is 0. The first kappa shape index (κ1) is 21.9. The molecule has 1 aliphatic carbocycles. The summed E-state index contributed by atoms with van der Waals surface area (Å²) in [6.07, 6.45) is 2.38. The summed E-state index contributed by atoms with van der Waals surface area (Å²) in [5.74, 6) is -0.378. The largest absolute Gasteiger partial charge is 0.444 e. The monoisotopic (exact) mass is 464 g/mol. The van der Waals surface area contributed by atoms with Crippen LogP contribution in [0, 0.1) is 5.82 Å². The molecule has 1 aromatic heterocycles. The van der Waals surface area contributed by atoms with Gasteiger partial charge in [0.2, 0.25) is 0 Å². The number of urea groups is 1. The highest BCUT2D eigenvalue weighted by Crippen LogP contribution is 2.26. The minimum absolute atomic E-state index is 0.0570. The number of ether oxygens (including phenoxy) is 1. The third-order valence-corrected chi connectivity index (χ3v) is 5.80. The summed E-state index contributed by atoms with van der Waals surface area (Å²) >= 11 is 6.03. The molecule has 32 heavy (non-hydrogen) atoms. The quantitative estimate of drug-likeness (QED) is 0.537. The highest BCUT2D eigenvalue weighted by atomic mass is 35.5. The minimum Gasteiger partial charge on any atom is -0.444 e. The Morgan fingerprint density at radius 1 is 1.19 bits per heavy atom. The van der Waals surface area contributed by atoms with Crippen LogP contribution in [0.1, 0.15) is 19.3 Å². The average molecular weight is 465 g/mol. The number of amides is 3. The topological polar surface area (TPSA) is 128 Å². The standard InChI is InChI=1S/C20H22ClFN6O4/c21-17-16(9-23-27-18(17)29)28-6-5-15(10-28)32-20(31)26-14-7-13(8-14)25-19(30)24-12-3-1-11(22)2-4-12/h1-4,9,13-15H,5-8,10H2,(H,26,31)(H,27,29)(H2,24,25,30)/t13?,14?,15-/m1/s1. The zero-order valence-corrected chi connectivity index (χ0v) is 17.7. The number of nitrogens with one attached hydrogen (secondary N) is 4. The summed E-state index contributed by atoms with van der Waals surface area (Å²) < 4.78 is 18.4. The molecule has 0 bridgehead atoms. The van der Waals surface area contributed by atoms with Gasteiger partial charge in [0.1, 0.15) is 16.9 Å². The Morgan fingerprint density at radius 2 is 1.91 bits per heavy atom. The number of benzene rings is 1. The predicted octanol–water partition coefficient (Wildman–Crippen LogP) is 2.22. The van der Waals surface area contributed by atoms with Crippen LogP contribution in [-0.2, 0) is 4.74 Å². The molecule has 0 unspecified atom stereocenters. The third kappa shape index (κ3) is 5.28. The van der Waals surface area contributed by atoms with Crippen molar-refractivity contribution in [2.75, 3.05) is 23.3 Å². The van der Waals surface area contributed by atoms with E-state index in [9.17, 15) is 18.8 Å². The minimum atomic E-state index is -0.522. The maximum atomic E-state index is 12.9. The highest BCUT2D eigenvalue weighted by molar-refractivity contribution is 6.33. The number of nitrogens with zero attached hydrogens (tertiary/aromatic N) is 2. The normalized spacial score (nSPS) is 22.1. The molecule has 12 heteroatoms. The van der Waals surface area contributed by atoms with Gasteiger partial charge in [0, 0.05) is 30.7 Å². The number of anilines is 2. The molecule has 2 heterocycles. The molecule has 170 valence electrons. The van der Waals surface area contributed by atoms with Crippen LogP contribution in [-0.4, -0.2) is 53.6 Å². The Morgan fingerprint density at radius 3 is 2.66 bits per heavy atom. The second-order valence-electron chi connectivity index (χ2n) is 7.78. The maximum absolute atomic E-state index is 12.9. The number of rotatable bonds is 5. The van der Waals surface area contributed by atoms with Crippen molar-refractivity contribution in [1.29, 1.82) is 0 Å². The van der Waals surface area contributed by atoms with E-state index in [-0.39, 0.29) is 35.1 Å². The summed E-state index contributed by atoms with van der Waals surface area (Å²) in [5, 5.41) is 14.3. The second-order valence-corrected chi connectivity index (χ2v) is 8.15. The van der Waals surface area contributed by atoms with Crippen LogP contribution in [0.3, 0.4) is 0 Å². The van der Waals surface area contributed by atoms with Crippen molar-refractivity contribution >= 4 is 35.1 Å². The summed E-state index contributed by atoms with van der Waals surface area (Å²) in [6, 6.07) is 4.91. The number of halogens is 2. The number of hydrogen-bond donors (Lipinski definition) is 4. The van der Waals surface area contributed by atoms with E-state index >= 15 is 0 Å². The smallest absolute Gasteiger partial charge is 0.407 e. The Kier molecular flexibility index (Phi) is 6.45. The van der Waals surface area contributed by atoms with Crippen LogP contribution in [0.15, 0.2) is 35.3 Å². The first-order valence-electron chi connectivity index (χ1n) is 10.2. The fraction of sp³-hybridized carbons (Fsp3) is 0.400. The first-order chi connectivity index (χ1) is 15.4. The summed E-state index contributed by atoms with van der Waals surface area (Å²) in [5.41, 5.74) is 0.531. The van der Waals surface area contributed by atoms with Gasteiger partial charge >= 0.3 is 12.1 Å². The molecule has 1 aliphatic heterocycles. The second kappa shape index (κ2) is 9.43. The summed E-state index contributed by atoms with van der Waals surface area (Å²) in [4.78, 5) is 37.6. The Balaban J connectivity index is 1.15. The predicted molar refractivity (Wildman–Crippen MR) is 115 cm³/mol. The van der Waals surface area contributed by atoms with Crippen molar-refractivity contribution in [3.05, 3.63) is 51.7 Å². The van der Waals surface area contributed by atoms with Crippen LogP contribution in [0.25, 0.3) is 0 Å². The number of aromatic amines is 1. The van der Waals surface area contributed by atoms with Gasteiger partial charge < -0.3 is 25.6 Å². The maximum Gasteiger partial charge on any atom is 0.407 e. The number of carbonyl (C=O) groups excluding carboxylic acids is 2. The molecule has 0 spiro atoms. The Labute approximate surface area is 187 Å². The lowest BCUT2D eigenvalue weighted by molar-refractivity contribution is 0.0982. The van der Waals surface area contributed by atoms with Gasteiger partial charge in [0.25, 0.3) is 5.56 Å². The van der Waals surface area contributed by atoms with E-state index < -0.39 is 11.7 Å². The van der Waals surface area contributed by atoms with Crippen molar-refractivity contribution in [3.63, 3.8) is 0 Å². The molecule has 1 saturated carbocycles. The number of alkyl carbamates (subject to hydrolysis) is 1. The van der Waals surface area contributed by atoms with Crippen molar-refractivity contribution in [3.8, 4) is 0 Å². The van der Waals surface area contributed by atoms with Crippen LogP contribution in [0.4, 0.5) is 25.4 Å². The lowest BCUT2D eigenvalue weighted by Gasteiger charge is -2.36. The molecule has 2 fully saturated rings. The molecule has 3 amide bonds. The van der Waals surface area contributed by atoms with Crippen LogP contribution in [0.2, 0.25) is 5.02 Å². The first-order valence-corrected chi connectivity index (χ1v) is 10.5. The van der Waals surface area contributed by atoms with E-state index in [0.29, 0.717) is 43.7 Å². The van der Waals surface area contributed by atoms with Gasteiger partial charge in [-0.2, -0.15) is 5.10 Å². The molecule has 2 aliphatic rings. The molecule has 4 rings (SSSR count). The van der Waals surface area contributed by atoms with E-state index in [1.165, 1.54) is 30.5 Å². The lowest BCUT2D eigenvalue weighted by atomic mass is 9.87. The van der Waals surface area contributed by atoms with Crippen LogP contribution < -0.4 is 26.4 Å². The van der Waals surface area contributed by atoms with Crippen molar-refractivity contribution in [2.45, 2.75) is 37.5 Å². The molecular weight excluding hydrogens is 443 g/mol. The Hall–Kier alpha value is -3.34. The van der Waals surface area contributed by atoms with Gasteiger partial charge in [0.05, 0.1) is 18.4 Å². The molecule has 1 aromatic carbocycles. The van der Waals surface area contributed by atoms with E-state index in [2.05, 4.69) is 26.1 Å². The van der Waals surface area contributed by atoms with E-state index in [4.69, 9.17) is 16.3 Å².